The lowest BCUT2D eigenvalue weighted by Crippen LogP contribution is -2.40. The van der Waals surface area contributed by atoms with Crippen molar-refractivity contribution < 1.29 is 0 Å². The maximum atomic E-state index is 5.93. The van der Waals surface area contributed by atoms with Crippen molar-refractivity contribution in [1.82, 2.24) is 10.7 Å². The van der Waals surface area contributed by atoms with Crippen LogP contribution in [-0.2, 0) is 0 Å². The van der Waals surface area contributed by atoms with Gasteiger partial charge in [0.2, 0.25) is 0 Å². The van der Waals surface area contributed by atoms with E-state index >= 15 is 0 Å². The molecule has 2 rings (SSSR count). The molecule has 2 N–H and O–H groups in total. The summed E-state index contributed by atoms with van der Waals surface area (Å²) in [5.41, 5.74) is 3.69. The SMILES string of the molecule is S=C(NN=Cc1ccc(Cl)c(Cl)c1)NC1CCCCC1. The zero-order valence-electron chi connectivity index (χ0n) is 11.0. The predicted octanol–water partition coefficient (Wildman–Crippen LogP) is 4.12. The molecule has 3 nitrogen and oxygen atoms in total. The second-order valence-electron chi connectivity index (χ2n) is 4.85. The molecule has 0 saturated heterocycles. The molecule has 1 aromatic rings. The first kappa shape index (κ1) is 15.5. The van der Waals surface area contributed by atoms with Gasteiger partial charge in [-0.3, -0.25) is 5.43 Å². The van der Waals surface area contributed by atoms with Crippen molar-refractivity contribution in [3.63, 3.8) is 0 Å². The lowest BCUT2D eigenvalue weighted by molar-refractivity contribution is 0.412. The van der Waals surface area contributed by atoms with Crippen LogP contribution in [-0.4, -0.2) is 17.4 Å². The van der Waals surface area contributed by atoms with Gasteiger partial charge in [0.15, 0.2) is 5.11 Å². The van der Waals surface area contributed by atoms with Crippen LogP contribution in [0.15, 0.2) is 23.3 Å². The molecule has 108 valence electrons. The molecular formula is C14H17Cl2N3S. The molecule has 0 heterocycles. The quantitative estimate of drug-likeness (QED) is 0.497. The fraction of sp³-hybridized carbons (Fsp3) is 0.429. The predicted molar refractivity (Wildman–Crippen MR) is 89.8 cm³/mol. The Balaban J connectivity index is 1.79. The Kier molecular flexibility index (Phi) is 6.07. The van der Waals surface area contributed by atoms with Gasteiger partial charge in [-0.05, 0) is 42.8 Å². The molecule has 0 spiro atoms. The number of halogens is 2. The minimum absolute atomic E-state index is 0.476. The molecule has 0 amide bonds. The van der Waals surface area contributed by atoms with E-state index in [1.165, 1.54) is 32.1 Å². The molecular weight excluding hydrogens is 313 g/mol. The van der Waals surface area contributed by atoms with Crippen LogP contribution in [0.4, 0.5) is 0 Å². The zero-order chi connectivity index (χ0) is 14.4. The Morgan fingerprint density at radius 2 is 1.95 bits per heavy atom. The van der Waals surface area contributed by atoms with Gasteiger partial charge in [0, 0.05) is 6.04 Å². The first-order valence-electron chi connectivity index (χ1n) is 6.70. The van der Waals surface area contributed by atoms with Gasteiger partial charge in [0.05, 0.1) is 16.3 Å². The highest BCUT2D eigenvalue weighted by molar-refractivity contribution is 7.80. The fourth-order valence-electron chi connectivity index (χ4n) is 2.22. The molecule has 1 aliphatic rings. The number of hydrogen-bond donors (Lipinski definition) is 2. The maximum absolute atomic E-state index is 5.93. The Hall–Kier alpha value is -0.840. The molecule has 6 heteroatoms. The van der Waals surface area contributed by atoms with Crippen molar-refractivity contribution in [2.45, 2.75) is 38.1 Å². The van der Waals surface area contributed by atoms with Crippen LogP contribution in [0, 0.1) is 0 Å². The Bertz CT molecular complexity index is 499. The van der Waals surface area contributed by atoms with Gasteiger partial charge in [0.25, 0.3) is 0 Å². The van der Waals surface area contributed by atoms with Crippen LogP contribution in [0.1, 0.15) is 37.7 Å². The highest BCUT2D eigenvalue weighted by Crippen LogP contribution is 2.21. The van der Waals surface area contributed by atoms with Gasteiger partial charge in [-0.15, -0.1) is 0 Å². The van der Waals surface area contributed by atoms with E-state index in [9.17, 15) is 0 Å². The molecule has 0 unspecified atom stereocenters. The first-order valence-corrected chi connectivity index (χ1v) is 7.86. The molecule has 1 aromatic carbocycles. The van der Waals surface area contributed by atoms with Crippen LogP contribution in [0.3, 0.4) is 0 Å². The third-order valence-corrected chi connectivity index (χ3v) is 4.21. The Morgan fingerprint density at radius 3 is 2.65 bits per heavy atom. The van der Waals surface area contributed by atoms with Crippen molar-refractivity contribution in [2.24, 2.45) is 5.10 Å². The summed E-state index contributed by atoms with van der Waals surface area (Å²) in [5.74, 6) is 0. The van der Waals surface area contributed by atoms with Crippen molar-refractivity contribution in [3.05, 3.63) is 33.8 Å². The smallest absolute Gasteiger partial charge is 0.187 e. The van der Waals surface area contributed by atoms with E-state index in [1.54, 1.807) is 18.3 Å². The van der Waals surface area contributed by atoms with Gasteiger partial charge < -0.3 is 5.32 Å². The molecule has 0 aliphatic heterocycles. The molecule has 1 saturated carbocycles. The van der Waals surface area contributed by atoms with Gasteiger partial charge in [-0.1, -0.05) is 48.5 Å². The average molecular weight is 330 g/mol. The normalized spacial score (nSPS) is 16.3. The lowest BCUT2D eigenvalue weighted by Gasteiger charge is -2.23. The number of benzene rings is 1. The molecule has 1 aliphatic carbocycles. The van der Waals surface area contributed by atoms with Gasteiger partial charge >= 0.3 is 0 Å². The summed E-state index contributed by atoms with van der Waals surface area (Å²) in [6, 6.07) is 5.82. The van der Waals surface area contributed by atoms with Crippen LogP contribution in [0.25, 0.3) is 0 Å². The number of hydrazone groups is 1. The lowest BCUT2D eigenvalue weighted by atomic mass is 9.96. The van der Waals surface area contributed by atoms with Crippen LogP contribution in [0.2, 0.25) is 10.0 Å². The molecule has 0 aromatic heterocycles. The minimum atomic E-state index is 0.476. The van der Waals surface area contributed by atoms with E-state index in [0.29, 0.717) is 21.2 Å². The van der Waals surface area contributed by atoms with Crippen molar-refractivity contribution in [2.75, 3.05) is 0 Å². The van der Waals surface area contributed by atoms with E-state index in [-0.39, 0.29) is 0 Å². The van der Waals surface area contributed by atoms with Crippen LogP contribution >= 0.6 is 35.4 Å². The molecule has 20 heavy (non-hydrogen) atoms. The summed E-state index contributed by atoms with van der Waals surface area (Å²) in [5, 5.41) is 8.99. The molecule has 0 bridgehead atoms. The van der Waals surface area contributed by atoms with E-state index in [1.807, 2.05) is 6.07 Å². The number of nitrogens with one attached hydrogen (secondary N) is 2. The van der Waals surface area contributed by atoms with Crippen LogP contribution < -0.4 is 10.7 Å². The van der Waals surface area contributed by atoms with E-state index in [4.69, 9.17) is 35.4 Å². The summed E-state index contributed by atoms with van der Waals surface area (Å²) >= 11 is 17.0. The number of rotatable bonds is 3. The largest absolute Gasteiger partial charge is 0.359 e. The monoisotopic (exact) mass is 329 g/mol. The Labute approximate surface area is 134 Å². The van der Waals surface area contributed by atoms with Gasteiger partial charge in [-0.25, -0.2) is 0 Å². The summed E-state index contributed by atoms with van der Waals surface area (Å²) < 4.78 is 0. The zero-order valence-corrected chi connectivity index (χ0v) is 13.4. The summed E-state index contributed by atoms with van der Waals surface area (Å²) in [4.78, 5) is 0. The molecule has 1 fully saturated rings. The Morgan fingerprint density at radius 1 is 1.20 bits per heavy atom. The summed E-state index contributed by atoms with van der Waals surface area (Å²) in [7, 11) is 0. The summed E-state index contributed by atoms with van der Waals surface area (Å²) in [6.45, 7) is 0. The maximum Gasteiger partial charge on any atom is 0.187 e. The first-order chi connectivity index (χ1) is 9.65. The van der Waals surface area contributed by atoms with E-state index in [2.05, 4.69) is 15.8 Å². The van der Waals surface area contributed by atoms with Gasteiger partial charge in [0.1, 0.15) is 0 Å². The third-order valence-electron chi connectivity index (χ3n) is 3.26. The second kappa shape index (κ2) is 7.81. The molecule has 0 radical (unpaired) electrons. The summed E-state index contributed by atoms with van der Waals surface area (Å²) in [6.07, 6.45) is 7.89. The second-order valence-corrected chi connectivity index (χ2v) is 6.07. The molecule has 0 atom stereocenters. The third kappa shape index (κ3) is 4.93. The van der Waals surface area contributed by atoms with E-state index in [0.717, 1.165) is 5.56 Å². The number of hydrogen-bond acceptors (Lipinski definition) is 2. The topological polar surface area (TPSA) is 36.4 Å². The highest BCUT2D eigenvalue weighted by atomic mass is 35.5. The van der Waals surface area contributed by atoms with Crippen molar-refractivity contribution in [1.29, 1.82) is 0 Å². The highest BCUT2D eigenvalue weighted by Gasteiger charge is 2.13. The van der Waals surface area contributed by atoms with Crippen LogP contribution in [0.5, 0.6) is 0 Å². The number of thiocarbonyl (C=S) groups is 1. The standard InChI is InChI=1S/C14H17Cl2N3S/c15-12-7-6-10(8-13(12)16)9-17-19-14(20)18-11-4-2-1-3-5-11/h6-9,11H,1-5H2,(H2,18,19,20). The van der Waals surface area contributed by atoms with E-state index < -0.39 is 0 Å². The van der Waals surface area contributed by atoms with Gasteiger partial charge in [-0.2, -0.15) is 5.10 Å². The fourth-order valence-corrected chi connectivity index (χ4v) is 2.75. The minimum Gasteiger partial charge on any atom is -0.359 e. The average Bonchev–Trinajstić information content (AvgIpc) is 2.44. The van der Waals surface area contributed by atoms with Crippen molar-refractivity contribution >= 4 is 46.7 Å². The number of nitrogens with zero attached hydrogens (tertiary/aromatic N) is 1. The van der Waals surface area contributed by atoms with Crippen molar-refractivity contribution in [3.8, 4) is 0 Å².